The molecule has 1 N–H and O–H groups in total. The van der Waals surface area contributed by atoms with Gasteiger partial charge in [-0.3, -0.25) is 0 Å². The topological polar surface area (TPSA) is 30.5 Å². The fourth-order valence-electron chi connectivity index (χ4n) is 1.66. The van der Waals surface area contributed by atoms with Crippen molar-refractivity contribution < 1.29 is 9.47 Å². The number of methoxy groups -OCH3 is 2. The van der Waals surface area contributed by atoms with Crippen molar-refractivity contribution in [2.45, 2.75) is 27.7 Å². The Bertz CT molecular complexity index is 381. The first-order chi connectivity index (χ1) is 7.89. The molecule has 0 aliphatic rings. The molecule has 0 heterocycles. The number of nitrogens with one attached hydrogen (secondary N) is 1. The van der Waals surface area contributed by atoms with Crippen LogP contribution in [0.3, 0.4) is 0 Å². The highest BCUT2D eigenvalue weighted by atomic mass is 16.5. The summed E-state index contributed by atoms with van der Waals surface area (Å²) in [6.07, 6.45) is 0. The highest BCUT2D eigenvalue weighted by molar-refractivity contribution is 5.64. The second-order valence-corrected chi connectivity index (χ2v) is 5.39. The van der Waals surface area contributed by atoms with E-state index < -0.39 is 0 Å². The molecule has 1 aromatic carbocycles. The molecule has 0 atom stereocenters. The predicted octanol–water partition coefficient (Wildman–Crippen LogP) is 3.47. The van der Waals surface area contributed by atoms with Crippen LogP contribution in [0, 0.1) is 12.3 Å². The fourth-order valence-corrected chi connectivity index (χ4v) is 1.66. The van der Waals surface area contributed by atoms with Gasteiger partial charge in [-0.25, -0.2) is 0 Å². The van der Waals surface area contributed by atoms with E-state index in [9.17, 15) is 0 Å². The van der Waals surface area contributed by atoms with Gasteiger partial charge in [-0.05, 0) is 24.5 Å². The SMILES string of the molecule is COc1ccc(NCC(C)(C)C)c(OC)c1C. The molecule has 1 rings (SSSR count). The summed E-state index contributed by atoms with van der Waals surface area (Å²) in [7, 11) is 3.36. The van der Waals surface area contributed by atoms with E-state index in [4.69, 9.17) is 9.47 Å². The first-order valence-corrected chi connectivity index (χ1v) is 5.84. The second-order valence-electron chi connectivity index (χ2n) is 5.39. The van der Waals surface area contributed by atoms with Crippen LogP contribution in [0.15, 0.2) is 12.1 Å². The van der Waals surface area contributed by atoms with E-state index in [2.05, 4.69) is 26.1 Å². The lowest BCUT2D eigenvalue weighted by Gasteiger charge is -2.22. The maximum absolute atomic E-state index is 5.44. The maximum atomic E-state index is 5.44. The Balaban J connectivity index is 2.97. The van der Waals surface area contributed by atoms with E-state index in [1.807, 2.05) is 19.1 Å². The Labute approximate surface area is 104 Å². The van der Waals surface area contributed by atoms with Gasteiger partial charge in [0.2, 0.25) is 0 Å². The van der Waals surface area contributed by atoms with Gasteiger partial charge in [0.25, 0.3) is 0 Å². The number of rotatable bonds is 4. The summed E-state index contributed by atoms with van der Waals surface area (Å²) < 4.78 is 10.7. The third-order valence-electron chi connectivity index (χ3n) is 2.59. The Morgan fingerprint density at radius 3 is 2.24 bits per heavy atom. The minimum Gasteiger partial charge on any atom is -0.496 e. The molecule has 96 valence electrons. The third kappa shape index (κ3) is 3.55. The lowest BCUT2D eigenvalue weighted by atomic mass is 9.97. The number of hydrogen-bond acceptors (Lipinski definition) is 3. The van der Waals surface area contributed by atoms with E-state index >= 15 is 0 Å². The van der Waals surface area contributed by atoms with Crippen LogP contribution in [0.4, 0.5) is 5.69 Å². The van der Waals surface area contributed by atoms with Gasteiger partial charge in [0.05, 0.1) is 19.9 Å². The average molecular weight is 237 g/mol. The van der Waals surface area contributed by atoms with Crippen molar-refractivity contribution in [1.29, 1.82) is 0 Å². The standard InChI is InChI=1S/C14H23NO2/c1-10-12(16-5)8-7-11(13(10)17-6)15-9-14(2,3)4/h7-8,15H,9H2,1-6H3. The molecule has 3 nitrogen and oxygen atoms in total. The molecule has 3 heteroatoms. The maximum Gasteiger partial charge on any atom is 0.148 e. The Kier molecular flexibility index (Phi) is 4.27. The van der Waals surface area contributed by atoms with Gasteiger partial charge >= 0.3 is 0 Å². The van der Waals surface area contributed by atoms with Crippen LogP contribution in [-0.4, -0.2) is 20.8 Å². The van der Waals surface area contributed by atoms with Crippen molar-refractivity contribution in [2.75, 3.05) is 26.1 Å². The average Bonchev–Trinajstić information content (AvgIpc) is 2.25. The molecule has 0 bridgehead atoms. The van der Waals surface area contributed by atoms with Crippen LogP contribution in [0.5, 0.6) is 11.5 Å². The van der Waals surface area contributed by atoms with Crippen molar-refractivity contribution in [3.05, 3.63) is 17.7 Å². The lowest BCUT2D eigenvalue weighted by Crippen LogP contribution is -2.19. The van der Waals surface area contributed by atoms with Crippen molar-refractivity contribution in [1.82, 2.24) is 0 Å². The summed E-state index contributed by atoms with van der Waals surface area (Å²) in [4.78, 5) is 0. The molecule has 0 unspecified atom stereocenters. The van der Waals surface area contributed by atoms with E-state index in [1.165, 1.54) is 0 Å². The summed E-state index contributed by atoms with van der Waals surface area (Å²) in [5, 5.41) is 3.42. The number of anilines is 1. The molecule has 0 fully saturated rings. The summed E-state index contributed by atoms with van der Waals surface area (Å²) in [5.74, 6) is 1.71. The zero-order valence-electron chi connectivity index (χ0n) is 11.7. The molecule has 1 aromatic rings. The summed E-state index contributed by atoms with van der Waals surface area (Å²) >= 11 is 0. The van der Waals surface area contributed by atoms with Crippen LogP contribution < -0.4 is 14.8 Å². The summed E-state index contributed by atoms with van der Waals surface area (Å²) in [6, 6.07) is 3.96. The van der Waals surface area contributed by atoms with Crippen molar-refractivity contribution >= 4 is 5.69 Å². The highest BCUT2D eigenvalue weighted by Gasteiger charge is 2.14. The molecule has 0 aliphatic heterocycles. The number of ether oxygens (including phenoxy) is 2. The van der Waals surface area contributed by atoms with Gasteiger partial charge in [0.15, 0.2) is 0 Å². The molecule has 0 saturated heterocycles. The molecule has 0 radical (unpaired) electrons. The van der Waals surface area contributed by atoms with Gasteiger partial charge in [0.1, 0.15) is 11.5 Å². The van der Waals surface area contributed by atoms with E-state index in [1.54, 1.807) is 14.2 Å². The quantitative estimate of drug-likeness (QED) is 0.869. The largest absolute Gasteiger partial charge is 0.496 e. The van der Waals surface area contributed by atoms with Gasteiger partial charge in [-0.1, -0.05) is 20.8 Å². The zero-order valence-corrected chi connectivity index (χ0v) is 11.7. The lowest BCUT2D eigenvalue weighted by molar-refractivity contribution is 0.388. The van der Waals surface area contributed by atoms with Crippen LogP contribution in [0.1, 0.15) is 26.3 Å². The van der Waals surface area contributed by atoms with Crippen LogP contribution in [0.25, 0.3) is 0 Å². The Hall–Kier alpha value is -1.38. The third-order valence-corrected chi connectivity index (χ3v) is 2.59. The summed E-state index contributed by atoms with van der Waals surface area (Å²) in [6.45, 7) is 9.49. The van der Waals surface area contributed by atoms with Crippen molar-refractivity contribution in [3.8, 4) is 11.5 Å². The smallest absolute Gasteiger partial charge is 0.148 e. The monoisotopic (exact) mass is 237 g/mol. The predicted molar refractivity (Wildman–Crippen MR) is 72.2 cm³/mol. The molecule has 0 aromatic heterocycles. The normalized spacial score (nSPS) is 11.2. The molecule has 17 heavy (non-hydrogen) atoms. The molecule has 0 saturated carbocycles. The van der Waals surface area contributed by atoms with E-state index in [0.29, 0.717) is 0 Å². The van der Waals surface area contributed by atoms with Crippen molar-refractivity contribution in [3.63, 3.8) is 0 Å². The first-order valence-electron chi connectivity index (χ1n) is 5.84. The van der Waals surface area contributed by atoms with Gasteiger partial charge in [-0.15, -0.1) is 0 Å². The first kappa shape index (κ1) is 13.7. The fraction of sp³-hybridized carbons (Fsp3) is 0.571. The Morgan fingerprint density at radius 2 is 1.76 bits per heavy atom. The zero-order chi connectivity index (χ0) is 13.1. The molecule has 0 amide bonds. The second kappa shape index (κ2) is 5.30. The van der Waals surface area contributed by atoms with Crippen LogP contribution in [0.2, 0.25) is 0 Å². The molecule has 0 aliphatic carbocycles. The molecular weight excluding hydrogens is 214 g/mol. The number of benzene rings is 1. The minimum absolute atomic E-state index is 0.235. The molecular formula is C14H23NO2. The van der Waals surface area contributed by atoms with Gasteiger partial charge in [-0.2, -0.15) is 0 Å². The van der Waals surface area contributed by atoms with Crippen molar-refractivity contribution in [2.24, 2.45) is 5.41 Å². The van der Waals surface area contributed by atoms with E-state index in [-0.39, 0.29) is 5.41 Å². The summed E-state index contributed by atoms with van der Waals surface area (Å²) in [5.41, 5.74) is 2.27. The van der Waals surface area contributed by atoms with Gasteiger partial charge in [0, 0.05) is 12.1 Å². The Morgan fingerprint density at radius 1 is 1.12 bits per heavy atom. The van der Waals surface area contributed by atoms with Gasteiger partial charge < -0.3 is 14.8 Å². The number of hydrogen-bond donors (Lipinski definition) is 1. The van der Waals surface area contributed by atoms with Crippen LogP contribution in [-0.2, 0) is 0 Å². The molecule has 0 spiro atoms. The van der Waals surface area contributed by atoms with E-state index in [0.717, 1.165) is 29.3 Å². The highest BCUT2D eigenvalue weighted by Crippen LogP contribution is 2.35. The minimum atomic E-state index is 0.235. The van der Waals surface area contributed by atoms with Crippen LogP contribution >= 0.6 is 0 Å².